The lowest BCUT2D eigenvalue weighted by molar-refractivity contribution is -0.132. The Labute approximate surface area is 197 Å². The minimum absolute atomic E-state index is 0.0365. The zero-order valence-electron chi connectivity index (χ0n) is 18.5. The van der Waals surface area contributed by atoms with Gasteiger partial charge >= 0.3 is 0 Å². The highest BCUT2D eigenvalue weighted by atomic mass is 32.1. The highest BCUT2D eigenvalue weighted by Crippen LogP contribution is 2.29. The summed E-state index contributed by atoms with van der Waals surface area (Å²) in [6.45, 7) is 3.81. The first kappa shape index (κ1) is 22.8. The van der Waals surface area contributed by atoms with Crippen molar-refractivity contribution in [3.63, 3.8) is 0 Å². The Balaban J connectivity index is 1.26. The Hall–Kier alpha value is -3.39. The SMILES string of the molecule is CCOc1ccccc1OC1CCN(C(=O)Cc2csc(NC(=O)c3ccccc3)n2)CC1. The summed E-state index contributed by atoms with van der Waals surface area (Å²) in [7, 11) is 0. The number of thiazole rings is 1. The van der Waals surface area contributed by atoms with Gasteiger partial charge in [-0.1, -0.05) is 30.3 Å². The van der Waals surface area contributed by atoms with E-state index in [9.17, 15) is 9.59 Å². The van der Waals surface area contributed by atoms with Crippen molar-refractivity contribution in [1.29, 1.82) is 0 Å². The van der Waals surface area contributed by atoms with Crippen molar-refractivity contribution < 1.29 is 19.1 Å². The number of nitrogens with one attached hydrogen (secondary N) is 1. The van der Waals surface area contributed by atoms with Crippen LogP contribution >= 0.6 is 11.3 Å². The topological polar surface area (TPSA) is 80.8 Å². The number of nitrogens with zero attached hydrogens (tertiary/aromatic N) is 2. The molecular formula is C25H27N3O4S. The summed E-state index contributed by atoms with van der Waals surface area (Å²) in [4.78, 5) is 31.3. The predicted molar refractivity (Wildman–Crippen MR) is 128 cm³/mol. The number of anilines is 1. The van der Waals surface area contributed by atoms with Gasteiger partial charge < -0.3 is 14.4 Å². The molecule has 7 nitrogen and oxygen atoms in total. The van der Waals surface area contributed by atoms with Gasteiger partial charge in [-0.25, -0.2) is 4.98 Å². The van der Waals surface area contributed by atoms with E-state index in [1.54, 1.807) is 12.1 Å². The van der Waals surface area contributed by atoms with E-state index < -0.39 is 0 Å². The van der Waals surface area contributed by atoms with E-state index in [0.29, 0.717) is 36.1 Å². The molecule has 3 aromatic rings. The minimum Gasteiger partial charge on any atom is -0.490 e. The van der Waals surface area contributed by atoms with Crippen LogP contribution in [-0.4, -0.2) is 47.5 Å². The van der Waals surface area contributed by atoms with Gasteiger partial charge in [-0.05, 0) is 31.2 Å². The second kappa shape index (κ2) is 11.0. The molecule has 0 aliphatic carbocycles. The van der Waals surface area contributed by atoms with E-state index in [-0.39, 0.29) is 24.3 Å². The third-order valence-electron chi connectivity index (χ3n) is 5.38. The number of carbonyl (C=O) groups is 2. The van der Waals surface area contributed by atoms with Gasteiger partial charge in [0.1, 0.15) is 6.10 Å². The number of hydrogen-bond donors (Lipinski definition) is 1. The van der Waals surface area contributed by atoms with Crippen molar-refractivity contribution in [2.45, 2.75) is 32.3 Å². The Morgan fingerprint density at radius 1 is 1.06 bits per heavy atom. The monoisotopic (exact) mass is 465 g/mol. The molecule has 33 heavy (non-hydrogen) atoms. The average Bonchev–Trinajstić information content (AvgIpc) is 3.28. The maximum atomic E-state index is 12.8. The summed E-state index contributed by atoms with van der Waals surface area (Å²) < 4.78 is 11.8. The number of likely N-dealkylation sites (tertiary alicyclic amines) is 1. The summed E-state index contributed by atoms with van der Waals surface area (Å²) in [6, 6.07) is 16.7. The van der Waals surface area contributed by atoms with Gasteiger partial charge in [-0.2, -0.15) is 0 Å². The molecule has 2 amide bonds. The van der Waals surface area contributed by atoms with E-state index in [1.165, 1.54) is 11.3 Å². The lowest BCUT2D eigenvalue weighted by atomic mass is 10.1. The number of rotatable bonds is 8. The van der Waals surface area contributed by atoms with E-state index in [4.69, 9.17) is 9.47 Å². The summed E-state index contributed by atoms with van der Waals surface area (Å²) in [5, 5.41) is 5.10. The van der Waals surface area contributed by atoms with Crippen LogP contribution in [0.4, 0.5) is 5.13 Å². The average molecular weight is 466 g/mol. The molecule has 2 aromatic carbocycles. The fraction of sp³-hybridized carbons (Fsp3) is 0.320. The minimum atomic E-state index is -0.212. The van der Waals surface area contributed by atoms with Crippen LogP contribution in [0.15, 0.2) is 60.0 Å². The first-order valence-electron chi connectivity index (χ1n) is 11.1. The zero-order chi connectivity index (χ0) is 23.0. The van der Waals surface area contributed by atoms with Gasteiger partial charge in [0.05, 0.1) is 18.7 Å². The normalized spacial score (nSPS) is 14.0. The fourth-order valence-corrected chi connectivity index (χ4v) is 4.40. The van der Waals surface area contributed by atoms with E-state index in [2.05, 4.69) is 10.3 Å². The van der Waals surface area contributed by atoms with Crippen molar-refractivity contribution in [3.05, 3.63) is 71.2 Å². The van der Waals surface area contributed by atoms with E-state index in [0.717, 1.165) is 24.3 Å². The van der Waals surface area contributed by atoms with Crippen LogP contribution in [0.5, 0.6) is 11.5 Å². The van der Waals surface area contributed by atoms with Crippen molar-refractivity contribution >= 4 is 28.3 Å². The molecule has 0 bridgehead atoms. The van der Waals surface area contributed by atoms with Gasteiger partial charge in [0.2, 0.25) is 5.91 Å². The van der Waals surface area contributed by atoms with Crippen LogP contribution in [0.2, 0.25) is 0 Å². The number of para-hydroxylation sites is 2. The zero-order valence-corrected chi connectivity index (χ0v) is 19.3. The molecule has 4 rings (SSSR count). The Morgan fingerprint density at radius 2 is 1.76 bits per heavy atom. The highest BCUT2D eigenvalue weighted by Gasteiger charge is 2.25. The predicted octanol–water partition coefficient (Wildman–Crippen LogP) is 4.41. The van der Waals surface area contributed by atoms with Crippen molar-refractivity contribution in [3.8, 4) is 11.5 Å². The van der Waals surface area contributed by atoms with E-state index in [1.807, 2.05) is 59.7 Å². The second-order valence-corrected chi connectivity index (χ2v) is 8.58. The third kappa shape index (κ3) is 6.10. The molecular weight excluding hydrogens is 438 g/mol. The standard InChI is InChI=1S/C25H27N3O4S/c1-2-31-21-10-6-7-11-22(21)32-20-12-14-28(15-13-20)23(29)16-19-17-33-25(26-19)27-24(30)18-8-4-3-5-9-18/h3-11,17,20H,2,12-16H2,1H3,(H,26,27,30). The molecule has 0 spiro atoms. The first-order valence-corrected chi connectivity index (χ1v) is 12.0. The maximum absolute atomic E-state index is 12.8. The molecule has 0 unspecified atom stereocenters. The molecule has 0 atom stereocenters. The molecule has 1 aliphatic rings. The molecule has 1 saturated heterocycles. The maximum Gasteiger partial charge on any atom is 0.257 e. The number of hydrogen-bond acceptors (Lipinski definition) is 6. The van der Waals surface area contributed by atoms with Crippen molar-refractivity contribution in [1.82, 2.24) is 9.88 Å². The molecule has 2 heterocycles. The lowest BCUT2D eigenvalue weighted by Gasteiger charge is -2.32. The Bertz CT molecular complexity index is 1080. The van der Waals surface area contributed by atoms with Crippen LogP contribution < -0.4 is 14.8 Å². The molecule has 1 fully saturated rings. The molecule has 1 aliphatic heterocycles. The quantitative estimate of drug-likeness (QED) is 0.533. The molecule has 1 aromatic heterocycles. The van der Waals surface area contributed by atoms with Crippen LogP contribution in [0.3, 0.4) is 0 Å². The summed E-state index contributed by atoms with van der Waals surface area (Å²) >= 11 is 1.32. The number of benzene rings is 2. The lowest BCUT2D eigenvalue weighted by Crippen LogP contribution is -2.42. The van der Waals surface area contributed by atoms with Crippen molar-refractivity contribution in [2.24, 2.45) is 0 Å². The molecule has 1 N–H and O–H groups in total. The first-order chi connectivity index (χ1) is 16.1. The number of amides is 2. The summed E-state index contributed by atoms with van der Waals surface area (Å²) in [5.41, 5.74) is 1.23. The number of aromatic nitrogens is 1. The smallest absolute Gasteiger partial charge is 0.257 e. The van der Waals surface area contributed by atoms with Crippen LogP contribution in [0.25, 0.3) is 0 Å². The second-order valence-electron chi connectivity index (χ2n) is 7.72. The van der Waals surface area contributed by atoms with Gasteiger partial charge in [0, 0.05) is 36.9 Å². The third-order valence-corrected chi connectivity index (χ3v) is 6.18. The summed E-state index contributed by atoms with van der Waals surface area (Å²) in [5.74, 6) is 1.32. The number of ether oxygens (including phenoxy) is 2. The largest absolute Gasteiger partial charge is 0.490 e. The van der Waals surface area contributed by atoms with Crippen LogP contribution in [-0.2, 0) is 11.2 Å². The van der Waals surface area contributed by atoms with Gasteiger partial charge in [0.15, 0.2) is 16.6 Å². The number of piperidine rings is 1. The highest BCUT2D eigenvalue weighted by molar-refractivity contribution is 7.14. The Morgan fingerprint density at radius 3 is 2.48 bits per heavy atom. The molecule has 0 radical (unpaired) electrons. The van der Waals surface area contributed by atoms with E-state index >= 15 is 0 Å². The van der Waals surface area contributed by atoms with Crippen LogP contribution in [0, 0.1) is 0 Å². The molecule has 0 saturated carbocycles. The summed E-state index contributed by atoms with van der Waals surface area (Å²) in [6.07, 6.45) is 1.80. The van der Waals surface area contributed by atoms with Crippen LogP contribution in [0.1, 0.15) is 35.8 Å². The molecule has 172 valence electrons. The van der Waals surface area contributed by atoms with Gasteiger partial charge in [-0.3, -0.25) is 14.9 Å². The van der Waals surface area contributed by atoms with Gasteiger partial charge in [0.25, 0.3) is 5.91 Å². The van der Waals surface area contributed by atoms with Gasteiger partial charge in [-0.15, -0.1) is 11.3 Å². The van der Waals surface area contributed by atoms with Crippen molar-refractivity contribution in [2.75, 3.05) is 25.0 Å². The number of carbonyl (C=O) groups excluding carboxylic acids is 2. The Kier molecular flexibility index (Phi) is 7.57. The molecule has 8 heteroatoms. The fourth-order valence-electron chi connectivity index (χ4n) is 3.70.